The summed E-state index contributed by atoms with van der Waals surface area (Å²) in [5.41, 5.74) is 3.89. The lowest BCUT2D eigenvalue weighted by molar-refractivity contribution is -0.115. The average molecular weight is 412 g/mol. The zero-order valence-corrected chi connectivity index (χ0v) is 17.8. The molecule has 1 amide bonds. The predicted molar refractivity (Wildman–Crippen MR) is 116 cm³/mol. The predicted octanol–water partition coefficient (Wildman–Crippen LogP) is 3.62. The Labute approximate surface area is 174 Å². The lowest BCUT2D eigenvalue weighted by Gasteiger charge is -2.13. The van der Waals surface area contributed by atoms with Gasteiger partial charge in [0.2, 0.25) is 11.1 Å². The van der Waals surface area contributed by atoms with E-state index in [4.69, 9.17) is 10.6 Å². The fraction of sp³-hybridized carbons (Fsp3) is 0.286. The number of thioether (sulfide) groups is 1. The van der Waals surface area contributed by atoms with Gasteiger partial charge >= 0.3 is 0 Å². The summed E-state index contributed by atoms with van der Waals surface area (Å²) in [5.74, 6) is 7.31. The van der Waals surface area contributed by atoms with Gasteiger partial charge in [0, 0.05) is 5.69 Å². The minimum atomic E-state index is -0.395. The molecule has 0 aliphatic heterocycles. The minimum absolute atomic E-state index is 0.124. The molecule has 3 aromatic rings. The number of rotatable bonds is 7. The first-order valence-electron chi connectivity index (χ1n) is 9.28. The van der Waals surface area contributed by atoms with Crippen LogP contribution in [-0.2, 0) is 11.4 Å². The van der Waals surface area contributed by atoms with E-state index in [-0.39, 0.29) is 12.5 Å². The van der Waals surface area contributed by atoms with Gasteiger partial charge in [-0.2, -0.15) is 0 Å². The number of aromatic nitrogens is 3. The second-order valence-electron chi connectivity index (χ2n) is 6.84. The molecule has 0 saturated heterocycles. The van der Waals surface area contributed by atoms with Crippen LogP contribution in [0.4, 0.5) is 5.69 Å². The highest BCUT2D eigenvalue weighted by atomic mass is 32.2. The smallest absolute Gasteiger partial charge is 0.237 e. The average Bonchev–Trinajstić information content (AvgIpc) is 3.03. The summed E-state index contributed by atoms with van der Waals surface area (Å²) in [4.78, 5) is 12.5. The van der Waals surface area contributed by atoms with Crippen molar-refractivity contribution < 1.29 is 9.53 Å². The summed E-state index contributed by atoms with van der Waals surface area (Å²) in [6.45, 7) is 7.93. The Morgan fingerprint density at radius 2 is 1.76 bits per heavy atom. The van der Waals surface area contributed by atoms with Crippen LogP contribution in [-0.4, -0.2) is 26.0 Å². The fourth-order valence-electron chi connectivity index (χ4n) is 2.81. The normalized spacial score (nSPS) is 11.9. The van der Waals surface area contributed by atoms with E-state index in [0.29, 0.717) is 11.0 Å². The van der Waals surface area contributed by atoms with Crippen molar-refractivity contribution in [2.45, 2.75) is 44.7 Å². The number of para-hydroxylation sites is 2. The van der Waals surface area contributed by atoms with Gasteiger partial charge in [0.15, 0.2) is 5.82 Å². The lowest BCUT2D eigenvalue weighted by Crippen LogP contribution is -2.24. The summed E-state index contributed by atoms with van der Waals surface area (Å²) < 4.78 is 7.27. The molecule has 7 nitrogen and oxygen atoms in total. The number of hydrogen-bond donors (Lipinski definition) is 2. The Kier molecular flexibility index (Phi) is 6.43. The number of amides is 1. The van der Waals surface area contributed by atoms with Crippen LogP contribution in [0.15, 0.2) is 47.6 Å². The summed E-state index contributed by atoms with van der Waals surface area (Å²) in [6, 6.07) is 13.6. The molecule has 0 unspecified atom stereocenters. The van der Waals surface area contributed by atoms with Crippen LogP contribution in [0.3, 0.4) is 0 Å². The van der Waals surface area contributed by atoms with E-state index in [2.05, 4.69) is 15.5 Å². The Hall–Kier alpha value is -3.00. The van der Waals surface area contributed by atoms with Crippen LogP contribution in [0, 0.1) is 20.8 Å². The second kappa shape index (κ2) is 9.00. The van der Waals surface area contributed by atoms with E-state index < -0.39 is 5.25 Å². The SMILES string of the molecule is Cc1ccccc1NC(=O)[C@@H](C)Sc1nnc(COc2c(C)cccc2C)n1N. The Bertz CT molecular complexity index is 998. The van der Waals surface area contributed by atoms with Crippen molar-refractivity contribution in [3.8, 4) is 5.75 Å². The summed E-state index contributed by atoms with van der Waals surface area (Å²) in [6.07, 6.45) is 0. The highest BCUT2D eigenvalue weighted by Gasteiger charge is 2.20. The number of carbonyl (C=O) groups excluding carboxylic acids is 1. The standard InChI is InChI=1S/C21H25N5O2S/c1-13-8-5-6-11-17(13)23-20(27)16(4)29-21-25-24-18(26(21)22)12-28-19-14(2)9-7-10-15(19)3/h5-11,16H,12,22H2,1-4H3,(H,23,27)/t16-/m1/s1. The third-order valence-electron chi connectivity index (χ3n) is 4.54. The molecule has 3 N–H and O–H groups in total. The number of nitrogens with one attached hydrogen (secondary N) is 1. The van der Waals surface area contributed by atoms with Crippen molar-refractivity contribution in [1.82, 2.24) is 14.9 Å². The van der Waals surface area contributed by atoms with Gasteiger partial charge < -0.3 is 15.9 Å². The third-order valence-corrected chi connectivity index (χ3v) is 5.60. The largest absolute Gasteiger partial charge is 0.485 e. The zero-order valence-electron chi connectivity index (χ0n) is 17.0. The summed E-state index contributed by atoms with van der Waals surface area (Å²) >= 11 is 1.25. The first-order valence-corrected chi connectivity index (χ1v) is 10.2. The summed E-state index contributed by atoms with van der Waals surface area (Å²) in [5, 5.41) is 11.2. The molecule has 0 saturated carbocycles. The fourth-order valence-corrected chi connectivity index (χ4v) is 3.60. The lowest BCUT2D eigenvalue weighted by atomic mass is 10.1. The van der Waals surface area contributed by atoms with Crippen molar-refractivity contribution in [2.24, 2.45) is 0 Å². The maximum absolute atomic E-state index is 12.5. The molecule has 0 aliphatic carbocycles. The topological polar surface area (TPSA) is 95.1 Å². The molecule has 0 radical (unpaired) electrons. The first kappa shape index (κ1) is 20.7. The Balaban J connectivity index is 1.63. The molecule has 152 valence electrons. The van der Waals surface area contributed by atoms with Crippen LogP contribution in [0.2, 0.25) is 0 Å². The van der Waals surface area contributed by atoms with E-state index >= 15 is 0 Å². The number of hydrogen-bond acceptors (Lipinski definition) is 6. The molecule has 0 bridgehead atoms. The molecule has 0 aliphatic rings. The van der Waals surface area contributed by atoms with Crippen LogP contribution in [0.5, 0.6) is 5.75 Å². The van der Waals surface area contributed by atoms with Crippen molar-refractivity contribution in [1.29, 1.82) is 0 Å². The van der Waals surface area contributed by atoms with Gasteiger partial charge in [-0.3, -0.25) is 4.79 Å². The molecule has 29 heavy (non-hydrogen) atoms. The number of nitrogen functional groups attached to an aromatic ring is 1. The second-order valence-corrected chi connectivity index (χ2v) is 8.15. The number of anilines is 1. The molecule has 1 atom stereocenters. The number of nitrogens with zero attached hydrogens (tertiary/aromatic N) is 3. The van der Waals surface area contributed by atoms with E-state index in [1.165, 1.54) is 16.4 Å². The molecular weight excluding hydrogens is 386 g/mol. The number of aryl methyl sites for hydroxylation is 3. The van der Waals surface area contributed by atoms with Crippen LogP contribution < -0.4 is 15.9 Å². The van der Waals surface area contributed by atoms with Gasteiger partial charge in [0.25, 0.3) is 0 Å². The van der Waals surface area contributed by atoms with Crippen molar-refractivity contribution >= 4 is 23.4 Å². The van der Waals surface area contributed by atoms with E-state index in [0.717, 1.165) is 28.1 Å². The quantitative estimate of drug-likeness (QED) is 0.455. The van der Waals surface area contributed by atoms with Crippen molar-refractivity contribution in [3.63, 3.8) is 0 Å². The van der Waals surface area contributed by atoms with Gasteiger partial charge in [-0.1, -0.05) is 48.2 Å². The molecule has 1 heterocycles. The number of carbonyl (C=O) groups is 1. The molecule has 3 rings (SSSR count). The Morgan fingerprint density at radius 3 is 2.45 bits per heavy atom. The number of nitrogens with two attached hydrogens (primary N) is 1. The maximum atomic E-state index is 12.5. The minimum Gasteiger partial charge on any atom is -0.485 e. The van der Waals surface area contributed by atoms with Gasteiger partial charge in [-0.25, -0.2) is 4.68 Å². The number of benzene rings is 2. The van der Waals surface area contributed by atoms with Crippen LogP contribution in [0.25, 0.3) is 0 Å². The van der Waals surface area contributed by atoms with E-state index in [9.17, 15) is 4.79 Å². The van der Waals surface area contributed by atoms with Gasteiger partial charge in [0.05, 0.1) is 5.25 Å². The van der Waals surface area contributed by atoms with E-state index in [1.54, 1.807) is 6.92 Å². The van der Waals surface area contributed by atoms with Gasteiger partial charge in [-0.05, 0) is 50.5 Å². The third kappa shape index (κ3) is 4.89. The molecule has 1 aromatic heterocycles. The molecule has 8 heteroatoms. The monoisotopic (exact) mass is 411 g/mol. The highest BCUT2D eigenvalue weighted by molar-refractivity contribution is 8.00. The molecule has 2 aromatic carbocycles. The van der Waals surface area contributed by atoms with Crippen LogP contribution >= 0.6 is 11.8 Å². The van der Waals surface area contributed by atoms with Crippen molar-refractivity contribution in [3.05, 3.63) is 65.0 Å². The zero-order chi connectivity index (χ0) is 21.0. The maximum Gasteiger partial charge on any atom is 0.237 e. The van der Waals surface area contributed by atoms with Crippen LogP contribution in [0.1, 0.15) is 29.4 Å². The first-order chi connectivity index (χ1) is 13.9. The molecule has 0 spiro atoms. The molecular formula is C21H25N5O2S. The van der Waals surface area contributed by atoms with Gasteiger partial charge in [-0.15, -0.1) is 10.2 Å². The highest BCUT2D eigenvalue weighted by Crippen LogP contribution is 2.25. The Morgan fingerprint density at radius 1 is 1.10 bits per heavy atom. The van der Waals surface area contributed by atoms with E-state index in [1.807, 2.05) is 63.2 Å². The number of ether oxygens (including phenoxy) is 1. The van der Waals surface area contributed by atoms with Gasteiger partial charge in [0.1, 0.15) is 12.4 Å². The molecule has 0 fully saturated rings. The summed E-state index contributed by atoms with van der Waals surface area (Å²) in [7, 11) is 0. The van der Waals surface area contributed by atoms with Crippen molar-refractivity contribution in [2.75, 3.05) is 11.2 Å².